The number of aromatic nitrogens is 1. The summed E-state index contributed by atoms with van der Waals surface area (Å²) >= 11 is 1.23. The Bertz CT molecular complexity index is 805. The van der Waals surface area contributed by atoms with Gasteiger partial charge in [-0.05, 0) is 17.7 Å². The van der Waals surface area contributed by atoms with E-state index >= 15 is 0 Å². The van der Waals surface area contributed by atoms with Crippen LogP contribution in [0.4, 0.5) is 8.78 Å². The summed E-state index contributed by atoms with van der Waals surface area (Å²) in [6, 6.07) is 5.61. The van der Waals surface area contributed by atoms with Gasteiger partial charge in [0.2, 0.25) is 0 Å². The fraction of sp³-hybridized carbons (Fsp3) is 0. The van der Waals surface area contributed by atoms with E-state index in [1.54, 1.807) is 17.6 Å². The Morgan fingerprint density at radius 1 is 1.11 bits per heavy atom. The first-order valence-electron chi connectivity index (χ1n) is 5.15. The van der Waals surface area contributed by atoms with Crippen molar-refractivity contribution in [2.45, 2.75) is 0 Å². The Morgan fingerprint density at radius 2 is 1.74 bits per heavy atom. The van der Waals surface area contributed by atoms with E-state index in [1.807, 2.05) is 0 Å². The lowest BCUT2D eigenvalue weighted by Gasteiger charge is -2.02. The smallest absolute Gasteiger partial charge is 0.159 e. The third-order valence-electron chi connectivity index (χ3n) is 2.85. The third-order valence-corrected chi connectivity index (χ3v) is 3.70. The van der Waals surface area contributed by atoms with E-state index in [2.05, 4.69) is 4.98 Å². The maximum Gasteiger partial charge on any atom is 0.159 e. The number of fused-ring (bicyclic) bond motifs is 3. The molecule has 1 aliphatic rings. The maximum absolute atomic E-state index is 13.4. The van der Waals surface area contributed by atoms with Crippen LogP contribution in [0.25, 0.3) is 16.8 Å². The predicted octanol–water partition coefficient (Wildman–Crippen LogP) is 3.25. The molecule has 0 spiro atoms. The molecule has 90 valence electrons. The van der Waals surface area contributed by atoms with Gasteiger partial charge in [0.1, 0.15) is 17.7 Å². The molecule has 0 saturated heterocycles. The summed E-state index contributed by atoms with van der Waals surface area (Å²) < 4.78 is 26.7. The van der Waals surface area contributed by atoms with Gasteiger partial charge in [-0.15, -0.1) is 11.3 Å². The summed E-state index contributed by atoms with van der Waals surface area (Å²) in [5.74, 6) is -1.99. The van der Waals surface area contributed by atoms with Crippen molar-refractivity contribution in [3.8, 4) is 23.4 Å². The van der Waals surface area contributed by atoms with E-state index in [4.69, 9.17) is 10.5 Å². The van der Waals surface area contributed by atoms with E-state index < -0.39 is 11.6 Å². The largest absolute Gasteiger partial charge is 0.244 e. The summed E-state index contributed by atoms with van der Waals surface area (Å²) in [6.07, 6.45) is 0. The fourth-order valence-electron chi connectivity index (χ4n) is 2.07. The minimum absolute atomic E-state index is 0.129. The van der Waals surface area contributed by atoms with Crippen molar-refractivity contribution in [1.82, 2.24) is 4.98 Å². The quantitative estimate of drug-likeness (QED) is 0.590. The molecule has 1 aromatic heterocycles. The van der Waals surface area contributed by atoms with Gasteiger partial charge in [0.15, 0.2) is 11.6 Å². The molecule has 0 saturated carbocycles. The van der Waals surface area contributed by atoms with Gasteiger partial charge in [-0.2, -0.15) is 10.5 Å². The predicted molar refractivity (Wildman–Crippen MR) is 64.7 cm³/mol. The summed E-state index contributed by atoms with van der Waals surface area (Å²) in [5.41, 5.74) is 2.98. The topological polar surface area (TPSA) is 60.5 Å². The molecule has 1 aliphatic carbocycles. The van der Waals surface area contributed by atoms with Crippen molar-refractivity contribution in [2.75, 3.05) is 0 Å². The minimum atomic E-state index is -1.01. The first-order valence-corrected chi connectivity index (χ1v) is 6.03. The first kappa shape index (κ1) is 11.5. The van der Waals surface area contributed by atoms with Gasteiger partial charge in [-0.25, -0.2) is 13.8 Å². The van der Waals surface area contributed by atoms with Crippen molar-refractivity contribution in [3.05, 3.63) is 45.3 Å². The van der Waals surface area contributed by atoms with Crippen molar-refractivity contribution < 1.29 is 8.78 Å². The lowest BCUT2D eigenvalue weighted by molar-refractivity contribution is 0.509. The van der Waals surface area contributed by atoms with E-state index in [9.17, 15) is 8.78 Å². The van der Waals surface area contributed by atoms with E-state index in [1.165, 1.54) is 11.3 Å². The molecule has 0 amide bonds. The minimum Gasteiger partial charge on any atom is -0.244 e. The second kappa shape index (κ2) is 3.98. The van der Waals surface area contributed by atoms with E-state index in [-0.39, 0.29) is 5.57 Å². The van der Waals surface area contributed by atoms with Crippen LogP contribution in [0.5, 0.6) is 0 Å². The van der Waals surface area contributed by atoms with Gasteiger partial charge in [0.25, 0.3) is 0 Å². The standard InChI is InChI=1S/C13H3F2N3S/c14-9-1-7-8(2-10(9)15)12-13(19-5-18-12)11(7)6(3-16)4-17/h1-2,5H. The highest BCUT2D eigenvalue weighted by molar-refractivity contribution is 7.11. The van der Waals surface area contributed by atoms with Crippen molar-refractivity contribution in [3.63, 3.8) is 0 Å². The van der Waals surface area contributed by atoms with Crippen LogP contribution < -0.4 is 0 Å². The molecule has 1 heterocycles. The number of hydrogen-bond acceptors (Lipinski definition) is 4. The number of nitriles is 2. The Hall–Kier alpha value is -2.57. The normalized spacial score (nSPS) is 11.5. The molecule has 0 unspecified atom stereocenters. The van der Waals surface area contributed by atoms with Crippen LogP contribution in [0.2, 0.25) is 0 Å². The summed E-state index contributed by atoms with van der Waals surface area (Å²) in [7, 11) is 0. The van der Waals surface area contributed by atoms with Crippen LogP contribution in [0.15, 0.2) is 23.2 Å². The van der Waals surface area contributed by atoms with Crippen molar-refractivity contribution >= 4 is 16.9 Å². The van der Waals surface area contributed by atoms with Gasteiger partial charge < -0.3 is 0 Å². The fourth-order valence-corrected chi connectivity index (χ4v) is 2.94. The molecule has 6 heteroatoms. The van der Waals surface area contributed by atoms with Gasteiger partial charge in [0, 0.05) is 11.1 Å². The molecule has 19 heavy (non-hydrogen) atoms. The number of allylic oxidation sites excluding steroid dienone is 1. The second-order valence-electron chi connectivity index (χ2n) is 3.82. The maximum atomic E-state index is 13.4. The number of thiazole rings is 1. The summed E-state index contributed by atoms with van der Waals surface area (Å²) in [5, 5.41) is 18.0. The SMILES string of the molecule is N#CC(C#N)=C1c2cc(F)c(F)cc2-c2ncsc21. The number of halogens is 2. The third kappa shape index (κ3) is 1.48. The number of nitrogens with zero attached hydrogens (tertiary/aromatic N) is 3. The van der Waals surface area contributed by atoms with Crippen LogP contribution in [-0.2, 0) is 0 Å². The molecule has 0 atom stereocenters. The highest BCUT2D eigenvalue weighted by Gasteiger charge is 2.30. The Morgan fingerprint density at radius 3 is 2.37 bits per heavy atom. The van der Waals surface area contributed by atoms with Crippen LogP contribution in [-0.4, -0.2) is 4.98 Å². The summed E-state index contributed by atoms with van der Waals surface area (Å²) in [4.78, 5) is 4.68. The van der Waals surface area contributed by atoms with Crippen LogP contribution in [0, 0.1) is 34.3 Å². The van der Waals surface area contributed by atoms with Gasteiger partial charge in [-0.1, -0.05) is 0 Å². The zero-order chi connectivity index (χ0) is 13.6. The lowest BCUT2D eigenvalue weighted by atomic mass is 10.0. The average molecular weight is 271 g/mol. The molecule has 0 aliphatic heterocycles. The van der Waals surface area contributed by atoms with Gasteiger partial charge in [-0.3, -0.25) is 0 Å². The number of hydrogen-bond donors (Lipinski definition) is 0. The molecule has 0 N–H and O–H groups in total. The monoisotopic (exact) mass is 271 g/mol. The van der Waals surface area contributed by atoms with Crippen LogP contribution >= 0.6 is 11.3 Å². The highest BCUT2D eigenvalue weighted by atomic mass is 32.1. The molecule has 0 bridgehead atoms. The van der Waals surface area contributed by atoms with Crippen molar-refractivity contribution in [1.29, 1.82) is 10.5 Å². The first-order chi connectivity index (χ1) is 9.17. The number of rotatable bonds is 0. The zero-order valence-electron chi connectivity index (χ0n) is 9.24. The Labute approximate surface area is 110 Å². The Balaban J connectivity index is 2.46. The van der Waals surface area contributed by atoms with Gasteiger partial charge >= 0.3 is 0 Å². The van der Waals surface area contributed by atoms with Crippen molar-refractivity contribution in [2.24, 2.45) is 0 Å². The molecule has 3 nitrogen and oxygen atoms in total. The lowest BCUT2D eigenvalue weighted by Crippen LogP contribution is -1.90. The molecular formula is C13H3F2N3S. The molecule has 1 aromatic carbocycles. The molecule has 0 radical (unpaired) electrons. The number of benzene rings is 1. The van der Waals surface area contributed by atoms with Gasteiger partial charge in [0.05, 0.1) is 16.1 Å². The molecule has 0 fully saturated rings. The molecule has 2 aromatic rings. The second-order valence-corrected chi connectivity index (χ2v) is 4.67. The van der Waals surface area contributed by atoms with E-state index in [0.717, 1.165) is 12.1 Å². The van der Waals surface area contributed by atoms with Crippen LogP contribution in [0.1, 0.15) is 10.4 Å². The van der Waals surface area contributed by atoms with E-state index in [0.29, 0.717) is 27.3 Å². The Kier molecular flexibility index (Phi) is 2.41. The zero-order valence-corrected chi connectivity index (χ0v) is 10.1. The molecule has 3 rings (SSSR count). The van der Waals surface area contributed by atoms with Crippen LogP contribution in [0.3, 0.4) is 0 Å². The summed E-state index contributed by atoms with van der Waals surface area (Å²) in [6.45, 7) is 0. The molecular weight excluding hydrogens is 268 g/mol. The highest BCUT2D eigenvalue weighted by Crippen LogP contribution is 2.47. The average Bonchev–Trinajstić information content (AvgIpc) is 2.96.